The van der Waals surface area contributed by atoms with Gasteiger partial charge in [-0.25, -0.2) is 0 Å². The summed E-state index contributed by atoms with van der Waals surface area (Å²) in [4.78, 5) is 12.0. The first-order valence-corrected chi connectivity index (χ1v) is 6.91. The first kappa shape index (κ1) is 14.9. The van der Waals surface area contributed by atoms with E-state index in [1.807, 2.05) is 37.3 Å². The van der Waals surface area contributed by atoms with Gasteiger partial charge in [-0.3, -0.25) is 4.79 Å². The van der Waals surface area contributed by atoms with Crippen LogP contribution in [0.15, 0.2) is 36.4 Å². The molecule has 0 atom stereocenters. The maximum atomic E-state index is 12.0. The van der Waals surface area contributed by atoms with E-state index in [2.05, 4.69) is 5.32 Å². The number of nitrogen functional groups attached to an aromatic ring is 1. The molecule has 0 aliphatic carbocycles. The van der Waals surface area contributed by atoms with Crippen LogP contribution >= 0.6 is 0 Å². The lowest BCUT2D eigenvalue weighted by molar-refractivity contribution is -0.116. The monoisotopic (exact) mass is 284 g/mol. The molecule has 1 amide bonds. The topological polar surface area (TPSA) is 75.4 Å². The molecule has 0 radical (unpaired) electrons. The SMILES string of the molecule is Cc1ccc(NC(=O)CCc2ccc(N)cc2)c(C)c1O. The molecule has 0 aromatic heterocycles. The van der Waals surface area contributed by atoms with Gasteiger partial charge < -0.3 is 16.2 Å². The molecule has 0 spiro atoms. The van der Waals surface area contributed by atoms with Crippen molar-refractivity contribution < 1.29 is 9.90 Å². The Morgan fingerprint density at radius 2 is 1.81 bits per heavy atom. The van der Waals surface area contributed by atoms with Gasteiger partial charge in [-0.15, -0.1) is 0 Å². The molecule has 0 heterocycles. The number of nitrogens with two attached hydrogens (primary N) is 1. The summed E-state index contributed by atoms with van der Waals surface area (Å²) in [6.45, 7) is 3.62. The average Bonchev–Trinajstić information content (AvgIpc) is 2.47. The lowest BCUT2D eigenvalue weighted by Crippen LogP contribution is -2.13. The van der Waals surface area contributed by atoms with Gasteiger partial charge in [0.05, 0.1) is 0 Å². The summed E-state index contributed by atoms with van der Waals surface area (Å²) in [5.74, 6) is 0.157. The quantitative estimate of drug-likeness (QED) is 0.755. The summed E-state index contributed by atoms with van der Waals surface area (Å²) in [7, 11) is 0. The van der Waals surface area contributed by atoms with Gasteiger partial charge in [0.25, 0.3) is 0 Å². The van der Waals surface area contributed by atoms with Crippen LogP contribution < -0.4 is 11.1 Å². The van der Waals surface area contributed by atoms with E-state index in [-0.39, 0.29) is 11.7 Å². The zero-order valence-electron chi connectivity index (χ0n) is 12.3. The number of aromatic hydroxyl groups is 1. The number of benzene rings is 2. The summed E-state index contributed by atoms with van der Waals surface area (Å²) in [5, 5.41) is 12.7. The Morgan fingerprint density at radius 3 is 2.48 bits per heavy atom. The lowest BCUT2D eigenvalue weighted by Gasteiger charge is -2.11. The minimum atomic E-state index is -0.0711. The predicted molar refractivity (Wildman–Crippen MR) is 85.4 cm³/mol. The van der Waals surface area contributed by atoms with Crippen LogP contribution in [0.25, 0.3) is 0 Å². The van der Waals surface area contributed by atoms with Crippen LogP contribution in [0.5, 0.6) is 5.75 Å². The van der Waals surface area contributed by atoms with E-state index in [0.29, 0.717) is 29.8 Å². The van der Waals surface area contributed by atoms with Crippen LogP contribution in [0, 0.1) is 13.8 Å². The summed E-state index contributed by atoms with van der Waals surface area (Å²) in [6, 6.07) is 11.1. The number of carbonyl (C=O) groups is 1. The van der Waals surface area contributed by atoms with Crippen molar-refractivity contribution >= 4 is 17.3 Å². The summed E-state index contributed by atoms with van der Waals surface area (Å²) < 4.78 is 0. The second-order valence-electron chi connectivity index (χ2n) is 5.19. The molecule has 4 heteroatoms. The number of phenols is 1. The van der Waals surface area contributed by atoms with Crippen LogP contribution in [0.1, 0.15) is 23.1 Å². The number of carbonyl (C=O) groups excluding carboxylic acids is 1. The highest BCUT2D eigenvalue weighted by Crippen LogP contribution is 2.28. The van der Waals surface area contributed by atoms with E-state index in [9.17, 15) is 9.90 Å². The molecule has 4 nitrogen and oxygen atoms in total. The van der Waals surface area contributed by atoms with Crippen LogP contribution in [0.2, 0.25) is 0 Å². The van der Waals surface area contributed by atoms with Gasteiger partial charge in [0.2, 0.25) is 5.91 Å². The predicted octanol–water partition coefficient (Wildman–Crippen LogP) is 3.16. The number of hydrogen-bond donors (Lipinski definition) is 3. The fraction of sp³-hybridized carbons (Fsp3) is 0.235. The first-order chi connectivity index (χ1) is 9.97. The number of nitrogens with one attached hydrogen (secondary N) is 1. The Hall–Kier alpha value is -2.49. The van der Waals surface area contributed by atoms with Crippen molar-refractivity contribution in [3.8, 4) is 5.75 Å². The van der Waals surface area contributed by atoms with Crippen molar-refractivity contribution in [2.75, 3.05) is 11.1 Å². The van der Waals surface area contributed by atoms with E-state index in [4.69, 9.17) is 5.73 Å². The lowest BCUT2D eigenvalue weighted by atomic mass is 10.1. The molecular weight excluding hydrogens is 264 g/mol. The van der Waals surface area contributed by atoms with Crippen LogP contribution in [0.3, 0.4) is 0 Å². The largest absolute Gasteiger partial charge is 0.507 e. The van der Waals surface area contributed by atoms with E-state index < -0.39 is 0 Å². The van der Waals surface area contributed by atoms with E-state index in [0.717, 1.165) is 11.1 Å². The third kappa shape index (κ3) is 3.75. The number of anilines is 2. The maximum absolute atomic E-state index is 12.0. The molecule has 0 aliphatic rings. The Balaban J connectivity index is 1.96. The second-order valence-corrected chi connectivity index (χ2v) is 5.19. The van der Waals surface area contributed by atoms with Gasteiger partial charge in [0.15, 0.2) is 0 Å². The highest BCUT2D eigenvalue weighted by atomic mass is 16.3. The zero-order chi connectivity index (χ0) is 15.4. The van der Waals surface area contributed by atoms with Crippen molar-refractivity contribution in [2.24, 2.45) is 0 Å². The number of rotatable bonds is 4. The molecule has 0 aliphatic heterocycles. The van der Waals surface area contributed by atoms with Gasteiger partial charge in [0.1, 0.15) is 5.75 Å². The molecule has 2 rings (SSSR count). The van der Waals surface area contributed by atoms with E-state index in [1.54, 1.807) is 13.0 Å². The van der Waals surface area contributed by atoms with Crippen molar-refractivity contribution in [2.45, 2.75) is 26.7 Å². The molecule has 2 aromatic rings. The third-order valence-corrected chi connectivity index (χ3v) is 3.53. The number of amides is 1. The second kappa shape index (κ2) is 6.31. The molecule has 4 N–H and O–H groups in total. The summed E-state index contributed by atoms with van der Waals surface area (Å²) in [6.07, 6.45) is 1.04. The Morgan fingerprint density at radius 1 is 1.14 bits per heavy atom. The summed E-state index contributed by atoms with van der Waals surface area (Å²) in [5.41, 5.74) is 9.56. The molecule has 0 bridgehead atoms. The number of aryl methyl sites for hydroxylation is 2. The van der Waals surface area contributed by atoms with Crippen molar-refractivity contribution in [1.29, 1.82) is 0 Å². The van der Waals surface area contributed by atoms with Gasteiger partial charge in [-0.1, -0.05) is 18.2 Å². The van der Waals surface area contributed by atoms with Gasteiger partial charge in [-0.2, -0.15) is 0 Å². The maximum Gasteiger partial charge on any atom is 0.224 e. The molecule has 2 aromatic carbocycles. The molecule has 0 fully saturated rings. The van der Waals surface area contributed by atoms with Gasteiger partial charge in [0, 0.05) is 23.4 Å². The fourth-order valence-corrected chi connectivity index (χ4v) is 2.13. The smallest absolute Gasteiger partial charge is 0.224 e. The first-order valence-electron chi connectivity index (χ1n) is 6.91. The minimum Gasteiger partial charge on any atom is -0.507 e. The minimum absolute atomic E-state index is 0.0711. The standard InChI is InChI=1S/C17H20N2O2/c1-11-3-9-15(12(2)17(11)21)19-16(20)10-6-13-4-7-14(18)8-5-13/h3-5,7-9,21H,6,10,18H2,1-2H3,(H,19,20). The van der Waals surface area contributed by atoms with Crippen molar-refractivity contribution in [1.82, 2.24) is 0 Å². The molecule has 0 saturated carbocycles. The van der Waals surface area contributed by atoms with Gasteiger partial charge >= 0.3 is 0 Å². The Kier molecular flexibility index (Phi) is 4.48. The normalized spacial score (nSPS) is 10.4. The molecular formula is C17H20N2O2. The third-order valence-electron chi connectivity index (χ3n) is 3.53. The fourth-order valence-electron chi connectivity index (χ4n) is 2.13. The number of hydrogen-bond acceptors (Lipinski definition) is 3. The van der Waals surface area contributed by atoms with Crippen LogP contribution in [-0.2, 0) is 11.2 Å². The van der Waals surface area contributed by atoms with Crippen molar-refractivity contribution in [3.63, 3.8) is 0 Å². The van der Waals surface area contributed by atoms with Crippen molar-refractivity contribution in [3.05, 3.63) is 53.1 Å². The Labute approximate surface area is 124 Å². The van der Waals surface area contributed by atoms with E-state index >= 15 is 0 Å². The number of phenolic OH excluding ortho intramolecular Hbond substituents is 1. The summed E-state index contributed by atoms with van der Waals surface area (Å²) >= 11 is 0. The molecule has 21 heavy (non-hydrogen) atoms. The van der Waals surface area contributed by atoms with Gasteiger partial charge in [-0.05, 0) is 49.6 Å². The Bertz CT molecular complexity index is 649. The molecule has 110 valence electrons. The molecule has 0 saturated heterocycles. The highest BCUT2D eigenvalue weighted by molar-refractivity contribution is 5.92. The molecule has 0 unspecified atom stereocenters. The average molecular weight is 284 g/mol. The van der Waals surface area contributed by atoms with Crippen LogP contribution in [0.4, 0.5) is 11.4 Å². The van der Waals surface area contributed by atoms with Crippen LogP contribution in [-0.4, -0.2) is 11.0 Å². The zero-order valence-corrected chi connectivity index (χ0v) is 12.3. The van der Waals surface area contributed by atoms with E-state index in [1.165, 1.54) is 0 Å². The highest BCUT2D eigenvalue weighted by Gasteiger charge is 2.09.